The SMILES string of the molecule is CCCN(C(=O)c1ccc(O)c(C)c1)c1cccc(N)c1. The zero-order chi connectivity index (χ0) is 15.4. The molecule has 0 fully saturated rings. The van der Waals surface area contributed by atoms with Crippen LogP contribution >= 0.6 is 0 Å². The minimum atomic E-state index is -0.0921. The number of aryl methyl sites for hydroxylation is 1. The summed E-state index contributed by atoms with van der Waals surface area (Å²) >= 11 is 0. The average Bonchev–Trinajstić information content (AvgIpc) is 2.47. The molecular weight excluding hydrogens is 264 g/mol. The molecule has 21 heavy (non-hydrogen) atoms. The molecular formula is C17H20N2O2. The second-order valence-electron chi connectivity index (χ2n) is 5.05. The topological polar surface area (TPSA) is 66.6 Å². The Labute approximate surface area is 124 Å². The summed E-state index contributed by atoms with van der Waals surface area (Å²) in [6.07, 6.45) is 0.845. The first-order valence-electron chi connectivity index (χ1n) is 7.00. The number of nitrogens with zero attached hydrogens (tertiary/aromatic N) is 1. The Hall–Kier alpha value is -2.49. The number of anilines is 2. The number of carbonyl (C=O) groups is 1. The quantitative estimate of drug-likeness (QED) is 0.846. The summed E-state index contributed by atoms with van der Waals surface area (Å²) in [5.74, 6) is 0.100. The predicted molar refractivity (Wildman–Crippen MR) is 85.7 cm³/mol. The van der Waals surface area contributed by atoms with E-state index in [2.05, 4.69) is 0 Å². The number of aromatic hydroxyl groups is 1. The molecule has 0 spiro atoms. The first-order chi connectivity index (χ1) is 10.0. The third kappa shape index (κ3) is 3.34. The molecule has 110 valence electrons. The van der Waals surface area contributed by atoms with Crippen LogP contribution in [0.25, 0.3) is 0 Å². The minimum absolute atomic E-state index is 0.0921. The van der Waals surface area contributed by atoms with Crippen LogP contribution in [0.4, 0.5) is 11.4 Å². The molecule has 2 rings (SSSR count). The lowest BCUT2D eigenvalue weighted by molar-refractivity contribution is 0.0987. The average molecular weight is 284 g/mol. The fourth-order valence-corrected chi connectivity index (χ4v) is 2.21. The molecule has 0 heterocycles. The fourth-order valence-electron chi connectivity index (χ4n) is 2.21. The Morgan fingerprint density at radius 3 is 2.62 bits per heavy atom. The molecule has 0 radical (unpaired) electrons. The Morgan fingerprint density at radius 1 is 1.24 bits per heavy atom. The number of nitrogen functional groups attached to an aromatic ring is 1. The highest BCUT2D eigenvalue weighted by molar-refractivity contribution is 6.06. The van der Waals surface area contributed by atoms with Crippen molar-refractivity contribution in [3.63, 3.8) is 0 Å². The Kier molecular flexibility index (Phi) is 4.48. The van der Waals surface area contributed by atoms with Crippen LogP contribution in [0.1, 0.15) is 29.3 Å². The molecule has 1 amide bonds. The van der Waals surface area contributed by atoms with E-state index in [4.69, 9.17) is 5.73 Å². The molecule has 0 unspecified atom stereocenters. The number of nitrogens with two attached hydrogens (primary N) is 1. The number of hydrogen-bond donors (Lipinski definition) is 2. The summed E-state index contributed by atoms with van der Waals surface area (Å²) in [4.78, 5) is 14.4. The summed E-state index contributed by atoms with van der Waals surface area (Å²) in [5.41, 5.74) is 8.46. The van der Waals surface area contributed by atoms with E-state index in [1.54, 1.807) is 42.2 Å². The van der Waals surface area contributed by atoms with E-state index in [-0.39, 0.29) is 11.7 Å². The maximum atomic E-state index is 12.7. The van der Waals surface area contributed by atoms with Gasteiger partial charge in [-0.2, -0.15) is 0 Å². The molecule has 4 heteroatoms. The molecule has 3 N–H and O–H groups in total. The lowest BCUT2D eigenvalue weighted by Gasteiger charge is -2.23. The number of rotatable bonds is 4. The van der Waals surface area contributed by atoms with E-state index in [1.807, 2.05) is 19.1 Å². The molecule has 0 aromatic heterocycles. The zero-order valence-corrected chi connectivity index (χ0v) is 12.3. The van der Waals surface area contributed by atoms with E-state index < -0.39 is 0 Å². The second kappa shape index (κ2) is 6.31. The summed E-state index contributed by atoms with van der Waals surface area (Å²) in [7, 11) is 0. The fraction of sp³-hybridized carbons (Fsp3) is 0.235. The lowest BCUT2D eigenvalue weighted by atomic mass is 10.1. The van der Waals surface area contributed by atoms with Gasteiger partial charge in [0, 0.05) is 23.5 Å². The van der Waals surface area contributed by atoms with Crippen LogP contribution in [-0.4, -0.2) is 17.6 Å². The van der Waals surface area contributed by atoms with Gasteiger partial charge in [0.25, 0.3) is 5.91 Å². The molecule has 4 nitrogen and oxygen atoms in total. The van der Waals surface area contributed by atoms with Gasteiger partial charge in [-0.15, -0.1) is 0 Å². The predicted octanol–water partition coefficient (Wildman–Crippen LogP) is 3.34. The Morgan fingerprint density at radius 2 is 2.00 bits per heavy atom. The lowest BCUT2D eigenvalue weighted by Crippen LogP contribution is -2.31. The molecule has 0 aliphatic rings. The van der Waals surface area contributed by atoms with E-state index >= 15 is 0 Å². The van der Waals surface area contributed by atoms with Crippen molar-refractivity contribution < 1.29 is 9.90 Å². The third-order valence-electron chi connectivity index (χ3n) is 3.32. The number of amides is 1. The van der Waals surface area contributed by atoms with Gasteiger partial charge in [-0.3, -0.25) is 4.79 Å². The van der Waals surface area contributed by atoms with Gasteiger partial charge in [0.2, 0.25) is 0 Å². The molecule has 2 aromatic carbocycles. The number of phenols is 1. The van der Waals surface area contributed by atoms with Crippen LogP contribution in [0.5, 0.6) is 5.75 Å². The van der Waals surface area contributed by atoms with Gasteiger partial charge in [0.1, 0.15) is 5.75 Å². The standard InChI is InChI=1S/C17H20N2O2/c1-3-9-19(15-6-4-5-14(18)11-15)17(21)13-7-8-16(20)12(2)10-13/h4-8,10-11,20H,3,9,18H2,1-2H3. The molecule has 0 bridgehead atoms. The minimum Gasteiger partial charge on any atom is -0.508 e. The first kappa shape index (κ1) is 14.9. The Bertz CT molecular complexity index is 653. The van der Waals surface area contributed by atoms with Gasteiger partial charge in [-0.05, 0) is 55.3 Å². The largest absolute Gasteiger partial charge is 0.508 e. The smallest absolute Gasteiger partial charge is 0.258 e. The highest BCUT2D eigenvalue weighted by atomic mass is 16.3. The summed E-state index contributed by atoms with van der Waals surface area (Å²) < 4.78 is 0. The van der Waals surface area contributed by atoms with Gasteiger partial charge in [-0.1, -0.05) is 13.0 Å². The van der Waals surface area contributed by atoms with E-state index in [0.29, 0.717) is 23.4 Å². The second-order valence-corrected chi connectivity index (χ2v) is 5.05. The van der Waals surface area contributed by atoms with Crippen molar-refractivity contribution in [2.45, 2.75) is 20.3 Å². The van der Waals surface area contributed by atoms with Crippen molar-refractivity contribution in [1.82, 2.24) is 0 Å². The number of phenolic OH excluding ortho intramolecular Hbond substituents is 1. The van der Waals surface area contributed by atoms with Crippen LogP contribution in [0.3, 0.4) is 0 Å². The number of benzene rings is 2. The zero-order valence-electron chi connectivity index (χ0n) is 12.3. The van der Waals surface area contributed by atoms with Crippen molar-refractivity contribution in [3.8, 4) is 5.75 Å². The van der Waals surface area contributed by atoms with Crippen molar-refractivity contribution in [3.05, 3.63) is 53.6 Å². The van der Waals surface area contributed by atoms with Crippen LogP contribution in [-0.2, 0) is 0 Å². The van der Waals surface area contributed by atoms with E-state index in [0.717, 1.165) is 12.1 Å². The Balaban J connectivity index is 2.37. The summed E-state index contributed by atoms with van der Waals surface area (Å²) in [6, 6.07) is 12.2. The third-order valence-corrected chi connectivity index (χ3v) is 3.32. The summed E-state index contributed by atoms with van der Waals surface area (Å²) in [5, 5.41) is 9.58. The molecule has 0 aliphatic carbocycles. The molecule has 0 saturated carbocycles. The van der Waals surface area contributed by atoms with Gasteiger partial charge in [-0.25, -0.2) is 0 Å². The van der Waals surface area contributed by atoms with Crippen LogP contribution in [0.15, 0.2) is 42.5 Å². The maximum absolute atomic E-state index is 12.7. The monoisotopic (exact) mass is 284 g/mol. The molecule has 0 aliphatic heterocycles. The van der Waals surface area contributed by atoms with E-state index in [9.17, 15) is 9.90 Å². The van der Waals surface area contributed by atoms with Crippen molar-refractivity contribution in [1.29, 1.82) is 0 Å². The number of hydrogen-bond acceptors (Lipinski definition) is 3. The van der Waals surface area contributed by atoms with Gasteiger partial charge < -0.3 is 15.7 Å². The highest BCUT2D eigenvalue weighted by Gasteiger charge is 2.17. The van der Waals surface area contributed by atoms with Crippen molar-refractivity contribution in [2.75, 3.05) is 17.2 Å². The molecule has 0 atom stereocenters. The maximum Gasteiger partial charge on any atom is 0.258 e. The highest BCUT2D eigenvalue weighted by Crippen LogP contribution is 2.23. The van der Waals surface area contributed by atoms with Crippen LogP contribution < -0.4 is 10.6 Å². The van der Waals surface area contributed by atoms with Gasteiger partial charge in [0.15, 0.2) is 0 Å². The van der Waals surface area contributed by atoms with Crippen molar-refractivity contribution in [2.24, 2.45) is 0 Å². The first-order valence-corrected chi connectivity index (χ1v) is 7.00. The normalized spacial score (nSPS) is 10.4. The van der Waals surface area contributed by atoms with Crippen molar-refractivity contribution >= 4 is 17.3 Å². The number of carbonyl (C=O) groups excluding carboxylic acids is 1. The summed E-state index contributed by atoms with van der Waals surface area (Å²) in [6.45, 7) is 4.41. The van der Waals surface area contributed by atoms with Gasteiger partial charge >= 0.3 is 0 Å². The van der Waals surface area contributed by atoms with Crippen LogP contribution in [0, 0.1) is 6.92 Å². The molecule has 2 aromatic rings. The molecule has 0 saturated heterocycles. The van der Waals surface area contributed by atoms with E-state index in [1.165, 1.54) is 0 Å². The van der Waals surface area contributed by atoms with Gasteiger partial charge in [0.05, 0.1) is 0 Å². The van der Waals surface area contributed by atoms with Crippen LogP contribution in [0.2, 0.25) is 0 Å².